The van der Waals surface area contributed by atoms with Crippen molar-refractivity contribution in [3.63, 3.8) is 0 Å². The lowest BCUT2D eigenvalue weighted by Crippen LogP contribution is -2.01. The molecule has 0 spiro atoms. The third-order valence-corrected chi connectivity index (χ3v) is 5.30. The third-order valence-electron chi connectivity index (χ3n) is 5.30. The summed E-state index contributed by atoms with van der Waals surface area (Å²) in [6, 6.07) is 9.39. The summed E-state index contributed by atoms with van der Waals surface area (Å²) in [5.41, 5.74) is 16.7. The van der Waals surface area contributed by atoms with Crippen molar-refractivity contribution in [2.75, 3.05) is 11.5 Å². The van der Waals surface area contributed by atoms with Gasteiger partial charge in [-0.05, 0) is 82.9 Å². The first-order chi connectivity index (χ1) is 13.2. The van der Waals surface area contributed by atoms with Crippen LogP contribution in [0.4, 0.5) is 11.4 Å². The molecule has 0 radical (unpaired) electrons. The summed E-state index contributed by atoms with van der Waals surface area (Å²) < 4.78 is 0. The lowest BCUT2D eigenvalue weighted by Gasteiger charge is -2.19. The van der Waals surface area contributed by atoms with Gasteiger partial charge in [0.15, 0.2) is 23.0 Å². The van der Waals surface area contributed by atoms with Crippen molar-refractivity contribution in [3.05, 3.63) is 47.5 Å². The van der Waals surface area contributed by atoms with E-state index in [1.165, 1.54) is 24.3 Å². The van der Waals surface area contributed by atoms with Gasteiger partial charge >= 0.3 is 0 Å². The first-order valence-corrected chi connectivity index (χ1v) is 8.69. The van der Waals surface area contributed by atoms with Crippen LogP contribution in [-0.4, -0.2) is 20.4 Å². The van der Waals surface area contributed by atoms with E-state index in [1.54, 1.807) is 12.1 Å². The van der Waals surface area contributed by atoms with E-state index in [4.69, 9.17) is 11.5 Å². The molecule has 4 aromatic rings. The van der Waals surface area contributed by atoms with Crippen LogP contribution >= 0.6 is 0 Å². The average molecular weight is 376 g/mol. The maximum atomic E-state index is 9.92. The fraction of sp³-hybridized carbons (Fsp3) is 0.0909. The Morgan fingerprint density at radius 3 is 1.21 bits per heavy atom. The minimum atomic E-state index is -0.213. The Bertz CT molecular complexity index is 1190. The van der Waals surface area contributed by atoms with E-state index >= 15 is 0 Å². The van der Waals surface area contributed by atoms with Gasteiger partial charge in [0.05, 0.1) is 0 Å². The van der Waals surface area contributed by atoms with Crippen molar-refractivity contribution in [2.45, 2.75) is 13.8 Å². The quantitative estimate of drug-likeness (QED) is 0.217. The fourth-order valence-electron chi connectivity index (χ4n) is 3.92. The highest BCUT2D eigenvalue weighted by molar-refractivity contribution is 6.05. The van der Waals surface area contributed by atoms with Gasteiger partial charge in [0.1, 0.15) is 0 Å². The molecule has 0 saturated carbocycles. The zero-order valence-corrected chi connectivity index (χ0v) is 15.4. The molecule has 0 saturated heterocycles. The van der Waals surface area contributed by atoms with Crippen LogP contribution in [0.15, 0.2) is 36.4 Å². The smallest absolute Gasteiger partial charge is 0.158 e. The van der Waals surface area contributed by atoms with Gasteiger partial charge in [0.25, 0.3) is 0 Å². The largest absolute Gasteiger partial charge is 0.504 e. The predicted octanol–water partition coefficient (Wildman–Crippen LogP) is 4.26. The summed E-state index contributed by atoms with van der Waals surface area (Å²) in [5.74, 6) is -0.851. The van der Waals surface area contributed by atoms with E-state index in [-0.39, 0.29) is 23.0 Å². The topological polar surface area (TPSA) is 133 Å². The number of aromatic hydroxyl groups is 4. The molecular weight excluding hydrogens is 356 g/mol. The third kappa shape index (κ3) is 2.42. The van der Waals surface area contributed by atoms with Crippen LogP contribution in [0.2, 0.25) is 0 Å². The number of nitrogens with two attached hydrogens (primary N) is 2. The number of aryl methyl sites for hydroxylation is 2. The normalized spacial score (nSPS) is 11.4. The number of anilines is 2. The Balaban J connectivity index is 2.12. The van der Waals surface area contributed by atoms with Crippen LogP contribution in [0.25, 0.3) is 32.7 Å². The van der Waals surface area contributed by atoms with Crippen molar-refractivity contribution in [3.8, 4) is 34.1 Å². The maximum absolute atomic E-state index is 9.92. The van der Waals surface area contributed by atoms with Crippen LogP contribution in [0.1, 0.15) is 11.1 Å². The Morgan fingerprint density at radius 2 is 0.857 bits per heavy atom. The van der Waals surface area contributed by atoms with Crippen molar-refractivity contribution < 1.29 is 20.4 Å². The maximum Gasteiger partial charge on any atom is 0.158 e. The lowest BCUT2D eigenvalue weighted by atomic mass is 9.87. The van der Waals surface area contributed by atoms with Gasteiger partial charge < -0.3 is 31.9 Å². The Kier molecular flexibility index (Phi) is 3.68. The number of nitrogen functional groups attached to an aromatic ring is 2. The van der Waals surface area contributed by atoms with Crippen molar-refractivity contribution in [1.82, 2.24) is 0 Å². The Hall–Kier alpha value is -3.80. The zero-order valence-electron chi connectivity index (χ0n) is 15.4. The Labute approximate surface area is 160 Å². The van der Waals surface area contributed by atoms with Gasteiger partial charge in [-0.2, -0.15) is 0 Å². The Morgan fingerprint density at radius 1 is 0.536 bits per heavy atom. The number of benzene rings is 4. The van der Waals surface area contributed by atoms with E-state index < -0.39 is 0 Å². The molecule has 4 rings (SSSR count). The molecule has 0 fully saturated rings. The number of phenols is 4. The van der Waals surface area contributed by atoms with Crippen LogP contribution < -0.4 is 11.5 Å². The molecule has 6 heteroatoms. The SMILES string of the molecule is Cc1c(-c2c(N)cc3cc(O)c(O)cc3c2C)c(N)cc2cc(O)c(O)cc12. The monoisotopic (exact) mass is 376 g/mol. The van der Waals surface area contributed by atoms with Gasteiger partial charge in [-0.25, -0.2) is 0 Å². The standard InChI is InChI=1S/C22H20N2O4/c1-9-13-7-19(27)17(25)5-11(13)3-15(23)21(9)22-10(2)14-8-20(28)18(26)6-12(14)4-16(22)24/h3-8,25-28H,23-24H2,1-2H3. The first kappa shape index (κ1) is 17.6. The second kappa shape index (κ2) is 5.85. The van der Waals surface area contributed by atoms with Crippen LogP contribution in [0.5, 0.6) is 23.0 Å². The molecular formula is C22H20N2O4. The highest BCUT2D eigenvalue weighted by atomic mass is 16.3. The number of hydrogen-bond acceptors (Lipinski definition) is 6. The summed E-state index contributed by atoms with van der Waals surface area (Å²) in [7, 11) is 0. The van der Waals surface area contributed by atoms with E-state index in [0.717, 1.165) is 33.0 Å². The number of hydrogen-bond donors (Lipinski definition) is 6. The van der Waals surface area contributed by atoms with Gasteiger partial charge in [-0.3, -0.25) is 0 Å². The molecule has 0 aliphatic heterocycles. The van der Waals surface area contributed by atoms with Gasteiger partial charge in [-0.1, -0.05) is 0 Å². The molecule has 6 nitrogen and oxygen atoms in total. The minimum Gasteiger partial charge on any atom is -0.504 e. The molecule has 28 heavy (non-hydrogen) atoms. The predicted molar refractivity (Wildman–Crippen MR) is 112 cm³/mol. The average Bonchev–Trinajstić information content (AvgIpc) is 2.62. The molecule has 0 atom stereocenters. The minimum absolute atomic E-state index is 0.212. The van der Waals surface area contributed by atoms with Gasteiger partial charge in [-0.15, -0.1) is 0 Å². The van der Waals surface area contributed by atoms with Crippen molar-refractivity contribution in [1.29, 1.82) is 0 Å². The second-order valence-corrected chi connectivity index (χ2v) is 7.06. The summed E-state index contributed by atoms with van der Waals surface area (Å²) >= 11 is 0. The molecule has 0 unspecified atom stereocenters. The summed E-state index contributed by atoms with van der Waals surface area (Å²) in [4.78, 5) is 0. The van der Waals surface area contributed by atoms with Gasteiger partial charge in [0.2, 0.25) is 0 Å². The summed E-state index contributed by atoms with van der Waals surface area (Å²) in [5, 5.41) is 42.3. The van der Waals surface area contributed by atoms with E-state index in [9.17, 15) is 20.4 Å². The number of phenolic OH excluding ortho intramolecular Hbond substituents is 4. The molecule has 142 valence electrons. The fourth-order valence-corrected chi connectivity index (χ4v) is 3.92. The molecule has 0 amide bonds. The lowest BCUT2D eigenvalue weighted by molar-refractivity contribution is 0.405. The molecule has 0 aliphatic carbocycles. The van der Waals surface area contributed by atoms with Crippen LogP contribution in [-0.2, 0) is 0 Å². The summed E-state index contributed by atoms with van der Waals surface area (Å²) in [6.45, 7) is 3.75. The van der Waals surface area contributed by atoms with Crippen molar-refractivity contribution >= 4 is 32.9 Å². The van der Waals surface area contributed by atoms with Crippen LogP contribution in [0.3, 0.4) is 0 Å². The molecule has 0 aromatic heterocycles. The van der Waals surface area contributed by atoms with E-state index in [1.807, 2.05) is 13.8 Å². The second-order valence-electron chi connectivity index (χ2n) is 7.06. The van der Waals surface area contributed by atoms with E-state index in [0.29, 0.717) is 22.1 Å². The first-order valence-electron chi connectivity index (χ1n) is 8.69. The molecule has 0 heterocycles. The van der Waals surface area contributed by atoms with Crippen molar-refractivity contribution in [2.24, 2.45) is 0 Å². The molecule has 0 aliphatic rings. The molecule has 0 bridgehead atoms. The molecule has 4 aromatic carbocycles. The number of rotatable bonds is 1. The highest BCUT2D eigenvalue weighted by Gasteiger charge is 2.19. The van der Waals surface area contributed by atoms with Gasteiger partial charge in [0, 0.05) is 22.5 Å². The highest BCUT2D eigenvalue weighted by Crippen LogP contribution is 2.45. The zero-order chi connectivity index (χ0) is 20.3. The molecule has 8 N–H and O–H groups in total. The van der Waals surface area contributed by atoms with E-state index in [2.05, 4.69) is 0 Å². The summed E-state index contributed by atoms with van der Waals surface area (Å²) in [6.07, 6.45) is 0. The van der Waals surface area contributed by atoms with Crippen LogP contribution in [0, 0.1) is 13.8 Å². The number of fused-ring (bicyclic) bond motifs is 2.